The fourth-order valence-corrected chi connectivity index (χ4v) is 1.06. The summed E-state index contributed by atoms with van der Waals surface area (Å²) < 4.78 is 6.40. The SMILES string of the molecule is O=C(COc1ccccc1)n1cncn1. The number of rotatable bonds is 3. The quantitative estimate of drug-likeness (QED) is 0.746. The molecular formula is C10H9N3O2. The van der Waals surface area contributed by atoms with Crippen molar-refractivity contribution < 1.29 is 9.53 Å². The van der Waals surface area contributed by atoms with Gasteiger partial charge in [0.05, 0.1) is 0 Å². The molecule has 0 aliphatic carbocycles. The second-order valence-corrected chi connectivity index (χ2v) is 2.84. The molecule has 0 bridgehead atoms. The molecule has 2 rings (SSSR count). The van der Waals surface area contributed by atoms with Gasteiger partial charge in [-0.2, -0.15) is 9.78 Å². The van der Waals surface area contributed by atoms with Crippen LogP contribution in [0.3, 0.4) is 0 Å². The molecule has 76 valence electrons. The lowest BCUT2D eigenvalue weighted by Crippen LogP contribution is -2.19. The van der Waals surface area contributed by atoms with Crippen molar-refractivity contribution in [2.45, 2.75) is 0 Å². The summed E-state index contributed by atoms with van der Waals surface area (Å²) in [5.41, 5.74) is 0. The van der Waals surface area contributed by atoms with E-state index in [1.165, 1.54) is 12.7 Å². The molecule has 15 heavy (non-hydrogen) atoms. The van der Waals surface area contributed by atoms with Gasteiger partial charge < -0.3 is 4.74 Å². The van der Waals surface area contributed by atoms with E-state index in [1.807, 2.05) is 18.2 Å². The van der Waals surface area contributed by atoms with Crippen molar-refractivity contribution in [3.8, 4) is 5.75 Å². The molecule has 5 heteroatoms. The number of aromatic nitrogens is 3. The van der Waals surface area contributed by atoms with Crippen LogP contribution in [0.4, 0.5) is 0 Å². The highest BCUT2D eigenvalue weighted by Gasteiger charge is 2.05. The molecule has 0 spiro atoms. The Morgan fingerprint density at radius 3 is 2.80 bits per heavy atom. The molecule has 1 heterocycles. The van der Waals surface area contributed by atoms with Gasteiger partial charge in [0, 0.05) is 0 Å². The number of carbonyl (C=O) groups is 1. The monoisotopic (exact) mass is 203 g/mol. The van der Waals surface area contributed by atoms with E-state index in [-0.39, 0.29) is 12.5 Å². The Labute approximate surface area is 86.3 Å². The van der Waals surface area contributed by atoms with Crippen molar-refractivity contribution in [1.82, 2.24) is 14.8 Å². The molecule has 0 aliphatic heterocycles. The highest BCUT2D eigenvalue weighted by atomic mass is 16.5. The Bertz CT molecular complexity index is 425. The highest BCUT2D eigenvalue weighted by Crippen LogP contribution is 2.07. The first-order chi connectivity index (χ1) is 7.36. The molecule has 0 unspecified atom stereocenters. The molecule has 0 aliphatic rings. The van der Waals surface area contributed by atoms with Gasteiger partial charge in [-0.1, -0.05) is 18.2 Å². The summed E-state index contributed by atoms with van der Waals surface area (Å²) in [6, 6.07) is 9.14. The third kappa shape index (κ3) is 2.40. The van der Waals surface area contributed by atoms with Crippen molar-refractivity contribution in [3.05, 3.63) is 43.0 Å². The number of hydrogen-bond donors (Lipinski definition) is 0. The Morgan fingerprint density at radius 2 is 2.13 bits per heavy atom. The van der Waals surface area contributed by atoms with Gasteiger partial charge in [-0.05, 0) is 12.1 Å². The minimum Gasteiger partial charge on any atom is -0.484 e. The topological polar surface area (TPSA) is 57.0 Å². The van der Waals surface area contributed by atoms with E-state index in [1.54, 1.807) is 12.1 Å². The maximum absolute atomic E-state index is 11.4. The zero-order valence-corrected chi connectivity index (χ0v) is 7.91. The molecule has 0 atom stereocenters. The Morgan fingerprint density at radius 1 is 1.33 bits per heavy atom. The van der Waals surface area contributed by atoms with Gasteiger partial charge in [0.1, 0.15) is 18.4 Å². The van der Waals surface area contributed by atoms with Crippen LogP contribution in [0, 0.1) is 0 Å². The molecule has 0 saturated carbocycles. The van der Waals surface area contributed by atoms with Crippen molar-refractivity contribution in [3.63, 3.8) is 0 Å². The average Bonchev–Trinajstić information content (AvgIpc) is 2.81. The fourth-order valence-electron chi connectivity index (χ4n) is 1.06. The minimum absolute atomic E-state index is 0.0482. The van der Waals surface area contributed by atoms with Crippen LogP contribution < -0.4 is 4.74 Å². The van der Waals surface area contributed by atoms with Crippen LogP contribution in [0.2, 0.25) is 0 Å². The third-order valence-electron chi connectivity index (χ3n) is 1.78. The largest absolute Gasteiger partial charge is 0.484 e. The first-order valence-corrected chi connectivity index (χ1v) is 4.42. The Balaban J connectivity index is 1.92. The zero-order chi connectivity index (χ0) is 10.5. The highest BCUT2D eigenvalue weighted by molar-refractivity contribution is 5.79. The summed E-state index contributed by atoms with van der Waals surface area (Å²) in [6.45, 7) is -0.0482. The Hall–Kier alpha value is -2.17. The van der Waals surface area contributed by atoms with Gasteiger partial charge in [0.2, 0.25) is 0 Å². The number of benzene rings is 1. The summed E-state index contributed by atoms with van der Waals surface area (Å²) in [4.78, 5) is 15.1. The van der Waals surface area contributed by atoms with E-state index in [2.05, 4.69) is 10.1 Å². The maximum Gasteiger partial charge on any atom is 0.286 e. The second-order valence-electron chi connectivity index (χ2n) is 2.84. The van der Waals surface area contributed by atoms with Crippen molar-refractivity contribution >= 4 is 5.91 Å². The van der Waals surface area contributed by atoms with Gasteiger partial charge >= 0.3 is 0 Å². The predicted molar refractivity (Wildman–Crippen MR) is 52.6 cm³/mol. The van der Waals surface area contributed by atoms with Crippen LogP contribution in [0.25, 0.3) is 0 Å². The van der Waals surface area contributed by atoms with Gasteiger partial charge in [-0.25, -0.2) is 4.98 Å². The molecule has 0 radical (unpaired) electrons. The number of para-hydroxylation sites is 1. The zero-order valence-electron chi connectivity index (χ0n) is 7.91. The van der Waals surface area contributed by atoms with Crippen LogP contribution >= 0.6 is 0 Å². The standard InChI is InChI=1S/C10H9N3O2/c14-10(13-8-11-7-12-13)6-15-9-4-2-1-3-5-9/h1-5,7-8H,6H2. The molecule has 1 aromatic heterocycles. The number of ether oxygens (including phenoxy) is 1. The fraction of sp³-hybridized carbons (Fsp3) is 0.100. The van der Waals surface area contributed by atoms with Crippen LogP contribution in [0.5, 0.6) is 5.75 Å². The average molecular weight is 203 g/mol. The van der Waals surface area contributed by atoms with Gasteiger partial charge in [0.15, 0.2) is 6.61 Å². The summed E-state index contributed by atoms with van der Waals surface area (Å²) >= 11 is 0. The molecule has 2 aromatic rings. The normalized spacial score (nSPS) is 9.87. The summed E-state index contributed by atoms with van der Waals surface area (Å²) in [6.07, 6.45) is 2.65. The predicted octanol–water partition coefficient (Wildman–Crippen LogP) is 0.997. The van der Waals surface area contributed by atoms with E-state index in [0.29, 0.717) is 5.75 Å². The summed E-state index contributed by atoms with van der Waals surface area (Å²) in [5.74, 6) is 0.405. The smallest absolute Gasteiger partial charge is 0.286 e. The number of nitrogens with zero attached hydrogens (tertiary/aromatic N) is 3. The molecule has 0 saturated heterocycles. The van der Waals surface area contributed by atoms with Gasteiger partial charge in [-0.3, -0.25) is 4.79 Å². The molecule has 0 amide bonds. The number of carbonyl (C=O) groups excluding carboxylic acids is 1. The lowest BCUT2D eigenvalue weighted by Gasteiger charge is -2.03. The first kappa shape index (κ1) is 9.39. The van der Waals surface area contributed by atoms with Crippen LogP contribution in [0.15, 0.2) is 43.0 Å². The summed E-state index contributed by atoms with van der Waals surface area (Å²) in [7, 11) is 0. The minimum atomic E-state index is -0.253. The van der Waals surface area contributed by atoms with E-state index < -0.39 is 0 Å². The van der Waals surface area contributed by atoms with Crippen LogP contribution in [-0.2, 0) is 0 Å². The van der Waals surface area contributed by atoms with E-state index in [0.717, 1.165) is 4.68 Å². The van der Waals surface area contributed by atoms with Crippen molar-refractivity contribution in [2.24, 2.45) is 0 Å². The van der Waals surface area contributed by atoms with Gasteiger partial charge in [-0.15, -0.1) is 0 Å². The van der Waals surface area contributed by atoms with E-state index in [9.17, 15) is 4.79 Å². The lowest BCUT2D eigenvalue weighted by molar-refractivity contribution is 0.0820. The van der Waals surface area contributed by atoms with Crippen LogP contribution in [-0.4, -0.2) is 27.3 Å². The summed E-state index contributed by atoms with van der Waals surface area (Å²) in [5, 5.41) is 3.70. The van der Waals surface area contributed by atoms with Gasteiger partial charge in [0.25, 0.3) is 5.91 Å². The van der Waals surface area contributed by atoms with E-state index >= 15 is 0 Å². The first-order valence-electron chi connectivity index (χ1n) is 4.42. The second kappa shape index (κ2) is 4.36. The number of hydrogen-bond acceptors (Lipinski definition) is 4. The molecule has 1 aromatic carbocycles. The van der Waals surface area contributed by atoms with Crippen molar-refractivity contribution in [2.75, 3.05) is 6.61 Å². The molecule has 5 nitrogen and oxygen atoms in total. The lowest BCUT2D eigenvalue weighted by atomic mass is 10.3. The molecular weight excluding hydrogens is 194 g/mol. The molecule has 0 N–H and O–H groups in total. The maximum atomic E-state index is 11.4. The third-order valence-corrected chi connectivity index (χ3v) is 1.78. The Kier molecular flexibility index (Phi) is 2.73. The van der Waals surface area contributed by atoms with E-state index in [4.69, 9.17) is 4.74 Å². The van der Waals surface area contributed by atoms with Crippen LogP contribution in [0.1, 0.15) is 4.79 Å². The van der Waals surface area contributed by atoms with Crippen molar-refractivity contribution in [1.29, 1.82) is 0 Å². The molecule has 0 fully saturated rings.